The zero-order valence-corrected chi connectivity index (χ0v) is 12.8. The Morgan fingerprint density at radius 2 is 2.22 bits per heavy atom. The van der Waals surface area contributed by atoms with Crippen molar-refractivity contribution in [3.8, 4) is 0 Å². The predicted molar refractivity (Wildman–Crippen MR) is 77.6 cm³/mol. The first-order valence-electron chi connectivity index (χ1n) is 6.28. The van der Waals surface area contributed by atoms with Crippen molar-refractivity contribution in [1.29, 1.82) is 0 Å². The molecule has 0 saturated carbocycles. The van der Waals surface area contributed by atoms with Gasteiger partial charge in [0.05, 0.1) is 0 Å². The SMILES string of the molecule is CC1CCC(=O)N(Cc2ccc(Br)cc2Cl)CC1. The summed E-state index contributed by atoms with van der Waals surface area (Å²) in [5.74, 6) is 0.887. The van der Waals surface area contributed by atoms with Crippen LogP contribution in [0.3, 0.4) is 0 Å². The van der Waals surface area contributed by atoms with Gasteiger partial charge in [-0.25, -0.2) is 0 Å². The van der Waals surface area contributed by atoms with E-state index in [1.54, 1.807) is 0 Å². The molecule has 0 aromatic heterocycles. The number of benzene rings is 1. The number of likely N-dealkylation sites (tertiary alicyclic amines) is 1. The van der Waals surface area contributed by atoms with E-state index in [-0.39, 0.29) is 5.91 Å². The van der Waals surface area contributed by atoms with E-state index in [0.29, 0.717) is 18.9 Å². The van der Waals surface area contributed by atoms with Gasteiger partial charge in [-0.15, -0.1) is 0 Å². The van der Waals surface area contributed by atoms with Crippen LogP contribution >= 0.6 is 27.5 Å². The summed E-state index contributed by atoms with van der Waals surface area (Å²) in [6, 6.07) is 5.82. The number of halogens is 2. The van der Waals surface area contributed by atoms with Gasteiger partial charge in [-0.1, -0.05) is 40.5 Å². The van der Waals surface area contributed by atoms with Gasteiger partial charge < -0.3 is 4.90 Å². The van der Waals surface area contributed by atoms with E-state index in [0.717, 1.165) is 34.4 Å². The van der Waals surface area contributed by atoms with Crippen molar-refractivity contribution < 1.29 is 4.79 Å². The minimum absolute atomic E-state index is 0.248. The molecule has 1 saturated heterocycles. The van der Waals surface area contributed by atoms with Crippen LogP contribution in [0.1, 0.15) is 31.7 Å². The second-order valence-corrected chi connectivity index (χ2v) is 6.31. The summed E-state index contributed by atoms with van der Waals surface area (Å²) >= 11 is 9.59. The van der Waals surface area contributed by atoms with Crippen molar-refractivity contribution >= 4 is 33.4 Å². The Labute approximate surface area is 121 Å². The maximum atomic E-state index is 12.0. The minimum atomic E-state index is 0.248. The van der Waals surface area contributed by atoms with Crippen molar-refractivity contribution in [2.75, 3.05) is 6.54 Å². The first kappa shape index (κ1) is 13.9. The second-order valence-electron chi connectivity index (χ2n) is 4.98. The number of amides is 1. The van der Waals surface area contributed by atoms with Gasteiger partial charge in [0, 0.05) is 29.0 Å². The molecule has 1 aliphatic rings. The van der Waals surface area contributed by atoms with E-state index in [1.165, 1.54) is 0 Å². The van der Waals surface area contributed by atoms with Crippen LogP contribution in [0.25, 0.3) is 0 Å². The van der Waals surface area contributed by atoms with Crippen LogP contribution in [-0.2, 0) is 11.3 Å². The zero-order valence-electron chi connectivity index (χ0n) is 10.5. The van der Waals surface area contributed by atoms with Gasteiger partial charge in [0.2, 0.25) is 5.91 Å². The van der Waals surface area contributed by atoms with Crippen LogP contribution in [0.15, 0.2) is 22.7 Å². The van der Waals surface area contributed by atoms with Gasteiger partial charge in [0.25, 0.3) is 0 Å². The molecule has 18 heavy (non-hydrogen) atoms. The maximum Gasteiger partial charge on any atom is 0.222 e. The van der Waals surface area contributed by atoms with Crippen LogP contribution in [0.2, 0.25) is 5.02 Å². The van der Waals surface area contributed by atoms with E-state index in [1.807, 2.05) is 23.1 Å². The molecule has 1 aromatic rings. The summed E-state index contributed by atoms with van der Waals surface area (Å²) in [4.78, 5) is 13.9. The van der Waals surface area contributed by atoms with Crippen LogP contribution in [0.4, 0.5) is 0 Å². The third kappa shape index (κ3) is 3.48. The van der Waals surface area contributed by atoms with Gasteiger partial charge >= 0.3 is 0 Å². The normalized spacial score (nSPS) is 20.9. The molecule has 1 amide bonds. The molecule has 1 aromatic carbocycles. The smallest absolute Gasteiger partial charge is 0.222 e. The molecule has 0 aliphatic carbocycles. The van der Waals surface area contributed by atoms with Gasteiger partial charge in [-0.05, 0) is 36.5 Å². The van der Waals surface area contributed by atoms with Gasteiger partial charge in [0.1, 0.15) is 0 Å². The fourth-order valence-corrected chi connectivity index (χ4v) is 2.93. The third-order valence-corrected chi connectivity index (χ3v) is 4.32. The van der Waals surface area contributed by atoms with E-state index in [2.05, 4.69) is 22.9 Å². The Kier molecular flexibility index (Phi) is 4.68. The van der Waals surface area contributed by atoms with Gasteiger partial charge in [-0.3, -0.25) is 4.79 Å². The van der Waals surface area contributed by atoms with Crippen molar-refractivity contribution in [2.24, 2.45) is 5.92 Å². The summed E-state index contributed by atoms with van der Waals surface area (Å²) in [5.41, 5.74) is 1.02. The maximum absolute atomic E-state index is 12.0. The third-order valence-electron chi connectivity index (χ3n) is 3.47. The van der Waals surface area contributed by atoms with Crippen molar-refractivity contribution in [3.63, 3.8) is 0 Å². The Balaban J connectivity index is 2.09. The summed E-state index contributed by atoms with van der Waals surface area (Å²) < 4.78 is 0.965. The summed E-state index contributed by atoms with van der Waals surface area (Å²) in [6.45, 7) is 3.67. The molecular weight excluding hydrogens is 314 g/mol. The van der Waals surface area contributed by atoms with Gasteiger partial charge in [0.15, 0.2) is 0 Å². The molecule has 0 bridgehead atoms. The zero-order chi connectivity index (χ0) is 13.1. The molecule has 0 spiro atoms. The fraction of sp³-hybridized carbons (Fsp3) is 0.500. The molecule has 0 radical (unpaired) electrons. The molecule has 98 valence electrons. The van der Waals surface area contributed by atoms with Crippen molar-refractivity contribution in [2.45, 2.75) is 32.7 Å². The van der Waals surface area contributed by atoms with Crippen molar-refractivity contribution in [3.05, 3.63) is 33.3 Å². The molecule has 2 rings (SSSR count). The molecule has 1 atom stereocenters. The predicted octanol–water partition coefficient (Wildman–Crippen LogP) is 4.25. The van der Waals surface area contributed by atoms with E-state index in [9.17, 15) is 4.79 Å². The lowest BCUT2D eigenvalue weighted by Crippen LogP contribution is -2.29. The number of nitrogens with zero attached hydrogens (tertiary/aromatic N) is 1. The molecule has 1 aliphatic heterocycles. The molecule has 4 heteroatoms. The Morgan fingerprint density at radius 1 is 1.44 bits per heavy atom. The first-order chi connectivity index (χ1) is 8.56. The largest absolute Gasteiger partial charge is 0.338 e. The number of carbonyl (C=O) groups excluding carboxylic acids is 1. The Morgan fingerprint density at radius 3 is 2.94 bits per heavy atom. The van der Waals surface area contributed by atoms with E-state index < -0.39 is 0 Å². The highest BCUT2D eigenvalue weighted by molar-refractivity contribution is 9.10. The van der Waals surface area contributed by atoms with E-state index >= 15 is 0 Å². The lowest BCUT2D eigenvalue weighted by molar-refractivity contribution is -0.131. The number of hydrogen-bond acceptors (Lipinski definition) is 1. The number of carbonyl (C=O) groups is 1. The lowest BCUT2D eigenvalue weighted by Gasteiger charge is -2.21. The van der Waals surface area contributed by atoms with Crippen LogP contribution in [-0.4, -0.2) is 17.4 Å². The highest BCUT2D eigenvalue weighted by atomic mass is 79.9. The molecule has 0 N–H and O–H groups in total. The molecule has 2 nitrogen and oxygen atoms in total. The number of hydrogen-bond donors (Lipinski definition) is 0. The lowest BCUT2D eigenvalue weighted by atomic mass is 10.0. The highest BCUT2D eigenvalue weighted by Gasteiger charge is 2.20. The molecule has 1 fully saturated rings. The molecule has 1 heterocycles. The molecular formula is C14H17BrClNO. The second kappa shape index (κ2) is 6.07. The average molecular weight is 331 g/mol. The molecule has 1 unspecified atom stereocenters. The standard InChI is InChI=1S/C14H17BrClNO/c1-10-2-5-14(18)17(7-6-10)9-11-3-4-12(15)8-13(11)16/h3-4,8,10H,2,5-7,9H2,1H3. The quantitative estimate of drug-likeness (QED) is 0.794. The van der Waals surface area contributed by atoms with Crippen LogP contribution in [0, 0.1) is 5.92 Å². The van der Waals surface area contributed by atoms with Crippen LogP contribution < -0.4 is 0 Å². The van der Waals surface area contributed by atoms with Crippen LogP contribution in [0.5, 0.6) is 0 Å². The van der Waals surface area contributed by atoms with E-state index in [4.69, 9.17) is 11.6 Å². The monoisotopic (exact) mass is 329 g/mol. The Hall–Kier alpha value is -0.540. The minimum Gasteiger partial charge on any atom is -0.338 e. The summed E-state index contributed by atoms with van der Waals surface area (Å²) in [6.07, 6.45) is 2.75. The average Bonchev–Trinajstić information content (AvgIpc) is 2.47. The Bertz CT molecular complexity index is 449. The number of rotatable bonds is 2. The summed E-state index contributed by atoms with van der Waals surface area (Å²) in [7, 11) is 0. The fourth-order valence-electron chi connectivity index (χ4n) is 2.20. The topological polar surface area (TPSA) is 20.3 Å². The van der Waals surface area contributed by atoms with Crippen molar-refractivity contribution in [1.82, 2.24) is 4.90 Å². The van der Waals surface area contributed by atoms with Gasteiger partial charge in [-0.2, -0.15) is 0 Å². The summed E-state index contributed by atoms with van der Waals surface area (Å²) in [5, 5.41) is 0.717. The highest BCUT2D eigenvalue weighted by Crippen LogP contribution is 2.25. The first-order valence-corrected chi connectivity index (χ1v) is 7.45.